The first-order valence-corrected chi connectivity index (χ1v) is 7.90. The van der Waals surface area contributed by atoms with E-state index in [9.17, 15) is 9.59 Å². The van der Waals surface area contributed by atoms with E-state index in [1.807, 2.05) is 25.1 Å². The Balaban J connectivity index is 0.00000264. The minimum Gasteiger partial charge on any atom is -0.480 e. The third-order valence-electron chi connectivity index (χ3n) is 4.01. The molecule has 0 aromatic heterocycles. The van der Waals surface area contributed by atoms with Gasteiger partial charge in [0.2, 0.25) is 5.91 Å². The molecule has 23 heavy (non-hydrogen) atoms. The Morgan fingerprint density at radius 1 is 1.30 bits per heavy atom. The van der Waals surface area contributed by atoms with Gasteiger partial charge in [-0.1, -0.05) is 37.3 Å². The normalized spacial score (nSPS) is 17.5. The number of hydrogen-bond acceptors (Lipinski definition) is 3. The van der Waals surface area contributed by atoms with Crippen molar-refractivity contribution in [2.75, 3.05) is 19.6 Å². The molecule has 1 fully saturated rings. The first kappa shape index (κ1) is 19.5. The zero-order valence-corrected chi connectivity index (χ0v) is 14.3. The number of hydrogen-bond donors (Lipinski definition) is 1. The van der Waals surface area contributed by atoms with E-state index in [-0.39, 0.29) is 30.9 Å². The van der Waals surface area contributed by atoms with Crippen LogP contribution in [-0.2, 0) is 16.1 Å². The molecule has 5 nitrogen and oxygen atoms in total. The van der Waals surface area contributed by atoms with Crippen molar-refractivity contribution >= 4 is 24.3 Å². The largest absolute Gasteiger partial charge is 0.480 e. The molecule has 1 heterocycles. The van der Waals surface area contributed by atoms with Gasteiger partial charge in [-0.3, -0.25) is 14.5 Å². The standard InChI is InChI=1S/C17H24N2O3.ClH/c1-2-10-19(13-16(20)21)17(22)15-9-6-11-18(15)12-14-7-4-3-5-8-14;/h3-5,7-8,15H,2,6,9-13H2,1H3,(H,20,21);1H. The van der Waals surface area contributed by atoms with Crippen LogP contribution in [0.15, 0.2) is 30.3 Å². The maximum Gasteiger partial charge on any atom is 0.323 e. The third-order valence-corrected chi connectivity index (χ3v) is 4.01. The van der Waals surface area contributed by atoms with Gasteiger partial charge in [0.1, 0.15) is 6.54 Å². The third kappa shape index (κ3) is 5.52. The molecule has 0 bridgehead atoms. The SMILES string of the molecule is CCCN(CC(=O)O)C(=O)C1CCCN1Cc1ccccc1.Cl. The number of nitrogens with zero attached hydrogens (tertiary/aromatic N) is 2. The summed E-state index contributed by atoms with van der Waals surface area (Å²) in [6.45, 7) is 3.88. The van der Waals surface area contributed by atoms with Crippen molar-refractivity contribution in [2.45, 2.75) is 38.8 Å². The monoisotopic (exact) mass is 340 g/mol. The van der Waals surface area contributed by atoms with Crippen molar-refractivity contribution < 1.29 is 14.7 Å². The van der Waals surface area contributed by atoms with Gasteiger partial charge in [-0.05, 0) is 31.4 Å². The van der Waals surface area contributed by atoms with Crippen LogP contribution >= 0.6 is 12.4 Å². The number of likely N-dealkylation sites (tertiary alicyclic amines) is 1. The summed E-state index contributed by atoms with van der Waals surface area (Å²) in [5.41, 5.74) is 1.18. The average molecular weight is 341 g/mol. The van der Waals surface area contributed by atoms with Crippen molar-refractivity contribution in [3.63, 3.8) is 0 Å². The molecule has 1 amide bonds. The van der Waals surface area contributed by atoms with E-state index < -0.39 is 5.97 Å². The van der Waals surface area contributed by atoms with Crippen molar-refractivity contribution in [3.8, 4) is 0 Å². The number of carboxylic acids is 1. The number of rotatable bonds is 7. The summed E-state index contributed by atoms with van der Waals surface area (Å²) in [7, 11) is 0. The Labute approximate surface area is 143 Å². The molecule has 1 unspecified atom stereocenters. The second kappa shape index (κ2) is 9.53. The number of halogens is 1. The summed E-state index contributed by atoms with van der Waals surface area (Å²) in [6.07, 6.45) is 2.56. The number of benzene rings is 1. The number of carboxylic acid groups (broad SMARTS) is 1. The van der Waals surface area contributed by atoms with Gasteiger partial charge >= 0.3 is 5.97 Å². The zero-order valence-electron chi connectivity index (χ0n) is 13.5. The molecule has 0 saturated carbocycles. The van der Waals surface area contributed by atoms with Crippen LogP contribution in [0.2, 0.25) is 0 Å². The van der Waals surface area contributed by atoms with Crippen molar-refractivity contribution in [3.05, 3.63) is 35.9 Å². The Bertz CT molecular complexity index is 510. The molecular weight excluding hydrogens is 316 g/mol. The summed E-state index contributed by atoms with van der Waals surface area (Å²) in [5, 5.41) is 9.00. The topological polar surface area (TPSA) is 60.9 Å². The van der Waals surface area contributed by atoms with E-state index in [4.69, 9.17) is 5.11 Å². The van der Waals surface area contributed by atoms with E-state index in [0.717, 1.165) is 32.4 Å². The molecule has 2 rings (SSSR count). The van der Waals surface area contributed by atoms with E-state index in [1.54, 1.807) is 0 Å². The zero-order chi connectivity index (χ0) is 15.9. The van der Waals surface area contributed by atoms with Gasteiger partial charge in [0.05, 0.1) is 6.04 Å². The second-order valence-corrected chi connectivity index (χ2v) is 5.77. The van der Waals surface area contributed by atoms with Gasteiger partial charge in [-0.15, -0.1) is 12.4 Å². The second-order valence-electron chi connectivity index (χ2n) is 5.77. The molecular formula is C17H25ClN2O3. The highest BCUT2D eigenvalue weighted by molar-refractivity contribution is 5.86. The molecule has 1 aromatic carbocycles. The molecule has 0 aliphatic carbocycles. The molecule has 1 aliphatic heterocycles. The van der Waals surface area contributed by atoms with Crippen LogP contribution in [0.25, 0.3) is 0 Å². The van der Waals surface area contributed by atoms with Gasteiger partial charge < -0.3 is 10.0 Å². The van der Waals surface area contributed by atoms with Crippen LogP contribution in [0.5, 0.6) is 0 Å². The van der Waals surface area contributed by atoms with E-state index in [0.29, 0.717) is 6.54 Å². The fourth-order valence-electron chi connectivity index (χ4n) is 3.02. The van der Waals surface area contributed by atoms with Crippen LogP contribution < -0.4 is 0 Å². The molecule has 6 heteroatoms. The first-order valence-electron chi connectivity index (χ1n) is 7.90. The molecule has 0 spiro atoms. The van der Waals surface area contributed by atoms with Crippen LogP contribution in [0.4, 0.5) is 0 Å². The summed E-state index contributed by atoms with van der Waals surface area (Å²) < 4.78 is 0. The molecule has 1 saturated heterocycles. The van der Waals surface area contributed by atoms with Gasteiger partial charge in [0.15, 0.2) is 0 Å². The Morgan fingerprint density at radius 2 is 2.00 bits per heavy atom. The van der Waals surface area contributed by atoms with Gasteiger partial charge in [-0.25, -0.2) is 0 Å². The molecule has 1 atom stereocenters. The minimum atomic E-state index is -0.950. The van der Waals surface area contributed by atoms with Crippen molar-refractivity contribution in [1.82, 2.24) is 9.80 Å². The summed E-state index contributed by atoms with van der Waals surface area (Å²) in [6, 6.07) is 9.89. The van der Waals surface area contributed by atoms with Gasteiger partial charge in [0, 0.05) is 13.1 Å². The Kier molecular flexibility index (Phi) is 8.06. The smallest absolute Gasteiger partial charge is 0.323 e. The van der Waals surface area contributed by atoms with Crippen molar-refractivity contribution in [1.29, 1.82) is 0 Å². The molecule has 128 valence electrons. The van der Waals surface area contributed by atoms with E-state index in [2.05, 4.69) is 17.0 Å². The highest BCUT2D eigenvalue weighted by Gasteiger charge is 2.33. The number of carbonyl (C=O) groups excluding carboxylic acids is 1. The highest BCUT2D eigenvalue weighted by atomic mass is 35.5. The molecule has 1 aliphatic rings. The molecule has 1 aromatic rings. The molecule has 1 N–H and O–H groups in total. The van der Waals surface area contributed by atoms with E-state index in [1.165, 1.54) is 10.5 Å². The fraction of sp³-hybridized carbons (Fsp3) is 0.529. The Hall–Kier alpha value is -1.59. The van der Waals surface area contributed by atoms with Gasteiger partial charge in [0.25, 0.3) is 0 Å². The minimum absolute atomic E-state index is 0. The van der Waals surface area contributed by atoms with Crippen molar-refractivity contribution in [2.24, 2.45) is 0 Å². The predicted molar refractivity (Wildman–Crippen MR) is 91.6 cm³/mol. The first-order chi connectivity index (χ1) is 10.6. The summed E-state index contributed by atoms with van der Waals surface area (Å²) in [5.74, 6) is -0.993. The lowest BCUT2D eigenvalue weighted by Gasteiger charge is -2.29. The lowest BCUT2D eigenvalue weighted by molar-refractivity contribution is -0.146. The fourth-order valence-corrected chi connectivity index (χ4v) is 3.02. The lowest BCUT2D eigenvalue weighted by atomic mass is 10.1. The van der Waals surface area contributed by atoms with Crippen LogP contribution in [-0.4, -0.2) is 52.5 Å². The van der Waals surface area contributed by atoms with Gasteiger partial charge in [-0.2, -0.15) is 0 Å². The highest BCUT2D eigenvalue weighted by Crippen LogP contribution is 2.22. The van der Waals surface area contributed by atoms with Crippen LogP contribution in [0.3, 0.4) is 0 Å². The van der Waals surface area contributed by atoms with Crippen LogP contribution in [0, 0.1) is 0 Å². The average Bonchev–Trinajstić information content (AvgIpc) is 2.95. The number of carbonyl (C=O) groups is 2. The predicted octanol–water partition coefficient (Wildman–Crippen LogP) is 2.40. The summed E-state index contributed by atoms with van der Waals surface area (Å²) in [4.78, 5) is 27.3. The summed E-state index contributed by atoms with van der Waals surface area (Å²) >= 11 is 0. The molecule has 0 radical (unpaired) electrons. The Morgan fingerprint density at radius 3 is 2.61 bits per heavy atom. The quantitative estimate of drug-likeness (QED) is 0.828. The number of aliphatic carboxylic acids is 1. The maximum absolute atomic E-state index is 12.7. The lowest BCUT2D eigenvalue weighted by Crippen LogP contribution is -2.47. The number of amides is 1. The van der Waals surface area contributed by atoms with E-state index >= 15 is 0 Å². The maximum atomic E-state index is 12.7. The van der Waals surface area contributed by atoms with Crippen LogP contribution in [0.1, 0.15) is 31.7 Å².